The van der Waals surface area contributed by atoms with Crippen LogP contribution in [0.3, 0.4) is 0 Å². The van der Waals surface area contributed by atoms with Gasteiger partial charge in [0.2, 0.25) is 0 Å². The van der Waals surface area contributed by atoms with Gasteiger partial charge in [-0.05, 0) is 61.5 Å². The van der Waals surface area contributed by atoms with Gasteiger partial charge in [0.1, 0.15) is 5.75 Å². The molecule has 3 aromatic carbocycles. The van der Waals surface area contributed by atoms with Crippen molar-refractivity contribution in [1.29, 1.82) is 0 Å². The number of carbonyl (C=O) groups is 1. The minimum absolute atomic E-state index is 0.0551. The van der Waals surface area contributed by atoms with Crippen molar-refractivity contribution in [2.75, 3.05) is 23.8 Å². The van der Waals surface area contributed by atoms with Gasteiger partial charge in [0, 0.05) is 23.0 Å². The molecule has 0 unspecified atom stereocenters. The highest BCUT2D eigenvalue weighted by Crippen LogP contribution is 2.23. The topological polar surface area (TPSA) is 93.7 Å². The summed E-state index contributed by atoms with van der Waals surface area (Å²) in [7, 11) is -2.52. The molecular weight excluding hydrogens is 423 g/mol. The van der Waals surface area contributed by atoms with Gasteiger partial charge in [-0.25, -0.2) is 12.8 Å². The lowest BCUT2D eigenvalue weighted by molar-refractivity contribution is 0.102. The summed E-state index contributed by atoms with van der Waals surface area (Å²) in [6.45, 7) is 2.31. The first-order chi connectivity index (χ1) is 14.8. The van der Waals surface area contributed by atoms with E-state index in [4.69, 9.17) is 9.47 Å². The van der Waals surface area contributed by atoms with E-state index in [0.29, 0.717) is 12.4 Å². The van der Waals surface area contributed by atoms with Crippen LogP contribution in [0.5, 0.6) is 11.5 Å². The van der Waals surface area contributed by atoms with Gasteiger partial charge in [-0.15, -0.1) is 0 Å². The number of ether oxygens (including phenoxy) is 2. The molecule has 0 atom stereocenters. The number of benzene rings is 3. The second kappa shape index (κ2) is 9.48. The van der Waals surface area contributed by atoms with Gasteiger partial charge < -0.3 is 14.8 Å². The monoisotopic (exact) mass is 444 g/mol. The van der Waals surface area contributed by atoms with Crippen LogP contribution in [0, 0.1) is 5.82 Å². The largest absolute Gasteiger partial charge is 0.494 e. The molecule has 3 rings (SSSR count). The van der Waals surface area contributed by atoms with Gasteiger partial charge >= 0.3 is 0 Å². The Labute approximate surface area is 179 Å². The van der Waals surface area contributed by atoms with E-state index in [1.807, 2.05) is 6.92 Å². The maximum atomic E-state index is 13.8. The van der Waals surface area contributed by atoms with Crippen LogP contribution in [0.1, 0.15) is 17.3 Å². The molecule has 0 saturated carbocycles. The number of anilines is 2. The van der Waals surface area contributed by atoms with Gasteiger partial charge in [-0.1, -0.05) is 6.07 Å². The fourth-order valence-electron chi connectivity index (χ4n) is 2.77. The molecule has 9 heteroatoms. The Balaban J connectivity index is 1.74. The van der Waals surface area contributed by atoms with Crippen molar-refractivity contribution < 1.29 is 27.1 Å². The van der Waals surface area contributed by atoms with Crippen molar-refractivity contribution in [3.63, 3.8) is 0 Å². The van der Waals surface area contributed by atoms with Crippen molar-refractivity contribution in [2.45, 2.75) is 11.8 Å². The third-order valence-electron chi connectivity index (χ3n) is 4.23. The van der Waals surface area contributed by atoms with E-state index >= 15 is 0 Å². The molecule has 1 amide bonds. The smallest absolute Gasteiger partial charge is 0.261 e. The summed E-state index contributed by atoms with van der Waals surface area (Å²) in [5.74, 6) is -0.511. The Hall–Kier alpha value is -3.59. The summed E-state index contributed by atoms with van der Waals surface area (Å²) in [6.07, 6.45) is 0. The van der Waals surface area contributed by atoms with Crippen LogP contribution in [0.2, 0.25) is 0 Å². The lowest BCUT2D eigenvalue weighted by atomic mass is 10.2. The molecule has 162 valence electrons. The molecule has 0 bridgehead atoms. The molecule has 2 N–H and O–H groups in total. The van der Waals surface area contributed by atoms with Gasteiger partial charge in [0.15, 0.2) is 11.6 Å². The Kier molecular flexibility index (Phi) is 6.76. The predicted molar refractivity (Wildman–Crippen MR) is 116 cm³/mol. The van der Waals surface area contributed by atoms with Crippen molar-refractivity contribution in [1.82, 2.24) is 0 Å². The summed E-state index contributed by atoms with van der Waals surface area (Å²) in [4.78, 5) is 12.6. The quantitative estimate of drug-likeness (QED) is 0.541. The third kappa shape index (κ3) is 5.52. The second-order valence-electron chi connectivity index (χ2n) is 6.39. The van der Waals surface area contributed by atoms with Crippen LogP contribution in [0.25, 0.3) is 0 Å². The highest BCUT2D eigenvalue weighted by molar-refractivity contribution is 7.92. The van der Waals surface area contributed by atoms with Crippen molar-refractivity contribution in [3.8, 4) is 11.5 Å². The molecule has 0 aromatic heterocycles. The van der Waals surface area contributed by atoms with E-state index in [9.17, 15) is 17.6 Å². The molecule has 0 radical (unpaired) electrons. The third-order valence-corrected chi connectivity index (χ3v) is 5.63. The molecule has 0 fully saturated rings. The molecule has 0 spiro atoms. The van der Waals surface area contributed by atoms with Gasteiger partial charge in [-0.3, -0.25) is 9.52 Å². The van der Waals surface area contributed by atoms with Crippen LogP contribution in [-0.4, -0.2) is 28.0 Å². The van der Waals surface area contributed by atoms with Crippen LogP contribution in [0.15, 0.2) is 71.6 Å². The number of methoxy groups -OCH3 is 1. The Morgan fingerprint density at radius 1 is 1.00 bits per heavy atom. The van der Waals surface area contributed by atoms with E-state index in [0.717, 1.165) is 6.07 Å². The fourth-order valence-corrected chi connectivity index (χ4v) is 3.82. The molecule has 3 aromatic rings. The maximum absolute atomic E-state index is 13.8. The standard InChI is InChI=1S/C22H21FN2O5S/c1-3-30-18-8-10-19(11-9-18)31(27,28)25-17-6-4-5-15(13-17)22(26)24-16-7-12-21(29-2)20(23)14-16/h4-14,25H,3H2,1-2H3,(H,24,26). The van der Waals surface area contributed by atoms with Gasteiger partial charge in [0.05, 0.1) is 18.6 Å². The summed E-state index contributed by atoms with van der Waals surface area (Å²) >= 11 is 0. The number of rotatable bonds is 8. The van der Waals surface area contributed by atoms with E-state index in [1.54, 1.807) is 18.2 Å². The first-order valence-corrected chi connectivity index (χ1v) is 10.8. The number of nitrogens with one attached hydrogen (secondary N) is 2. The lowest BCUT2D eigenvalue weighted by Crippen LogP contribution is -2.15. The number of halogens is 1. The normalized spacial score (nSPS) is 10.9. The Morgan fingerprint density at radius 2 is 1.74 bits per heavy atom. The van der Waals surface area contributed by atoms with Crippen molar-refractivity contribution in [2.24, 2.45) is 0 Å². The average molecular weight is 444 g/mol. The van der Waals surface area contributed by atoms with Crippen LogP contribution >= 0.6 is 0 Å². The maximum Gasteiger partial charge on any atom is 0.261 e. The molecular formula is C22H21FN2O5S. The first kappa shape index (κ1) is 22.1. The zero-order valence-electron chi connectivity index (χ0n) is 16.9. The molecule has 0 aliphatic heterocycles. The highest BCUT2D eigenvalue weighted by atomic mass is 32.2. The molecule has 0 heterocycles. The number of amides is 1. The van der Waals surface area contributed by atoms with Crippen LogP contribution < -0.4 is 19.5 Å². The minimum Gasteiger partial charge on any atom is -0.494 e. The number of carbonyl (C=O) groups excluding carboxylic acids is 1. The number of hydrogen-bond acceptors (Lipinski definition) is 5. The minimum atomic E-state index is -3.86. The molecule has 31 heavy (non-hydrogen) atoms. The van der Waals surface area contributed by atoms with E-state index in [2.05, 4.69) is 10.0 Å². The van der Waals surface area contributed by atoms with Gasteiger partial charge in [0.25, 0.3) is 15.9 Å². The highest BCUT2D eigenvalue weighted by Gasteiger charge is 2.16. The fraction of sp³-hybridized carbons (Fsp3) is 0.136. The second-order valence-corrected chi connectivity index (χ2v) is 8.08. The lowest BCUT2D eigenvalue weighted by Gasteiger charge is -2.11. The summed E-state index contributed by atoms with van der Waals surface area (Å²) in [5, 5.41) is 2.56. The molecule has 0 aliphatic carbocycles. The Bertz CT molecular complexity index is 1180. The zero-order chi connectivity index (χ0) is 22.4. The average Bonchev–Trinajstić information content (AvgIpc) is 2.74. The van der Waals surface area contributed by atoms with E-state index < -0.39 is 21.7 Å². The van der Waals surface area contributed by atoms with Gasteiger partial charge in [-0.2, -0.15) is 0 Å². The SMILES string of the molecule is CCOc1ccc(S(=O)(=O)Nc2cccc(C(=O)Nc3ccc(OC)c(F)c3)c2)cc1. The number of sulfonamides is 1. The van der Waals surface area contributed by atoms with E-state index in [1.165, 1.54) is 49.6 Å². The number of hydrogen-bond donors (Lipinski definition) is 2. The summed E-state index contributed by atoms with van der Waals surface area (Å²) in [5.41, 5.74) is 0.647. The first-order valence-electron chi connectivity index (χ1n) is 9.33. The molecule has 7 nitrogen and oxygen atoms in total. The summed E-state index contributed by atoms with van der Waals surface area (Å²) in [6, 6.07) is 16.0. The molecule has 0 saturated heterocycles. The van der Waals surface area contributed by atoms with Crippen LogP contribution in [-0.2, 0) is 10.0 Å². The van der Waals surface area contributed by atoms with E-state index in [-0.39, 0.29) is 27.6 Å². The Morgan fingerprint density at radius 3 is 2.39 bits per heavy atom. The van der Waals surface area contributed by atoms with Crippen LogP contribution in [0.4, 0.5) is 15.8 Å². The molecule has 0 aliphatic rings. The summed E-state index contributed by atoms with van der Waals surface area (Å²) < 4.78 is 51.7. The van der Waals surface area contributed by atoms with Crippen molar-refractivity contribution in [3.05, 3.63) is 78.1 Å². The predicted octanol–water partition coefficient (Wildman–Crippen LogP) is 4.29. The zero-order valence-corrected chi connectivity index (χ0v) is 17.7. The van der Waals surface area contributed by atoms with Crippen molar-refractivity contribution >= 4 is 27.3 Å².